The first-order chi connectivity index (χ1) is 17.7. The molecule has 0 amide bonds. The zero-order chi connectivity index (χ0) is 24.8. The minimum absolute atomic E-state index is 0.580. The van der Waals surface area contributed by atoms with Crippen molar-refractivity contribution in [2.75, 3.05) is 11.1 Å². The lowest BCUT2D eigenvalue weighted by Crippen LogP contribution is -2.38. The number of para-hydroxylation sites is 2. The van der Waals surface area contributed by atoms with E-state index in [0.29, 0.717) is 0 Å². The van der Waals surface area contributed by atoms with Crippen molar-refractivity contribution in [3.05, 3.63) is 156 Å². The molecule has 0 radical (unpaired) electrons. The van der Waals surface area contributed by atoms with Crippen LogP contribution in [-0.4, -0.2) is 0 Å². The normalized spacial score (nSPS) is 11.2. The molecule has 0 aliphatic heterocycles. The van der Waals surface area contributed by atoms with Crippen molar-refractivity contribution in [3.8, 4) is 0 Å². The second-order valence-corrected chi connectivity index (χ2v) is 10.9. The lowest BCUT2D eigenvalue weighted by molar-refractivity contribution is 0.709. The Kier molecular flexibility index (Phi) is 7.36. The Morgan fingerprint density at radius 3 is 1.61 bits per heavy atom. The van der Waals surface area contributed by atoms with Gasteiger partial charge >= 0.3 is 0 Å². The molecule has 0 spiro atoms. The highest BCUT2D eigenvalue weighted by molar-refractivity contribution is 8.76. The lowest BCUT2D eigenvalue weighted by Gasteiger charge is -2.38. The van der Waals surface area contributed by atoms with Crippen molar-refractivity contribution in [1.29, 1.82) is 0 Å². The Balaban J connectivity index is 1.64. The summed E-state index contributed by atoms with van der Waals surface area (Å²) < 4.78 is 0. The van der Waals surface area contributed by atoms with Crippen LogP contribution in [0.15, 0.2) is 143 Å². The van der Waals surface area contributed by atoms with Crippen LogP contribution in [-0.2, 0) is 5.54 Å². The number of nitrogens with one attached hydrogen (secondary N) is 1. The van der Waals surface area contributed by atoms with E-state index in [4.69, 9.17) is 5.73 Å². The maximum absolute atomic E-state index is 6.21. The van der Waals surface area contributed by atoms with Crippen molar-refractivity contribution in [2.24, 2.45) is 0 Å². The van der Waals surface area contributed by atoms with Gasteiger partial charge in [0.25, 0.3) is 0 Å². The van der Waals surface area contributed by atoms with Gasteiger partial charge in [-0.05, 0) is 47.9 Å². The number of hydrogen-bond acceptors (Lipinski definition) is 4. The quantitative estimate of drug-likeness (QED) is 0.126. The highest BCUT2D eigenvalue weighted by Crippen LogP contribution is 2.46. The van der Waals surface area contributed by atoms with Crippen LogP contribution in [0.5, 0.6) is 0 Å². The summed E-state index contributed by atoms with van der Waals surface area (Å²) in [5.41, 5.74) is 12.3. The molecule has 0 atom stereocenters. The molecule has 0 saturated heterocycles. The van der Waals surface area contributed by atoms with Crippen LogP contribution in [0.4, 0.5) is 11.4 Å². The maximum Gasteiger partial charge on any atom is 0.114 e. The number of benzene rings is 5. The first-order valence-corrected chi connectivity index (χ1v) is 14.1. The van der Waals surface area contributed by atoms with E-state index >= 15 is 0 Å². The molecule has 3 N–H and O–H groups in total. The predicted octanol–water partition coefficient (Wildman–Crippen LogP) is 8.78. The van der Waals surface area contributed by atoms with Crippen molar-refractivity contribution < 1.29 is 0 Å². The molecule has 4 heteroatoms. The van der Waals surface area contributed by atoms with Crippen molar-refractivity contribution in [2.45, 2.75) is 22.3 Å². The van der Waals surface area contributed by atoms with Crippen LogP contribution >= 0.6 is 21.6 Å². The predicted molar refractivity (Wildman–Crippen MR) is 157 cm³/mol. The number of aryl methyl sites for hydroxylation is 1. The van der Waals surface area contributed by atoms with Crippen LogP contribution in [0.1, 0.15) is 22.3 Å². The Bertz CT molecular complexity index is 1380. The van der Waals surface area contributed by atoms with Crippen LogP contribution < -0.4 is 11.1 Å². The topological polar surface area (TPSA) is 38.0 Å². The molecule has 0 aliphatic rings. The second kappa shape index (κ2) is 11.0. The summed E-state index contributed by atoms with van der Waals surface area (Å²) >= 11 is 0. The number of hydrogen-bond donors (Lipinski definition) is 2. The summed E-state index contributed by atoms with van der Waals surface area (Å²) in [5, 5.41) is 4.01. The molecule has 36 heavy (non-hydrogen) atoms. The van der Waals surface area contributed by atoms with E-state index in [-0.39, 0.29) is 0 Å². The molecule has 0 unspecified atom stereocenters. The Labute approximate surface area is 221 Å². The van der Waals surface area contributed by atoms with Crippen molar-refractivity contribution in [1.82, 2.24) is 0 Å². The molecule has 0 bridgehead atoms. The molecule has 5 aromatic carbocycles. The second-order valence-electron chi connectivity index (χ2n) is 8.67. The standard InChI is InChI=1S/C32H28N2S2/c1-24-20-22-27(23-21-24)32(25-12-4-2-5-13-25,26-14-6-3-7-15-26)34-29-17-9-11-19-31(29)36-35-30-18-10-8-16-28(30)33/h2-23,34H,33H2,1H3. The molecule has 0 aromatic heterocycles. The van der Waals surface area contributed by atoms with Gasteiger partial charge in [0.15, 0.2) is 0 Å². The maximum atomic E-state index is 6.21. The van der Waals surface area contributed by atoms with Gasteiger partial charge in [-0.3, -0.25) is 0 Å². The zero-order valence-electron chi connectivity index (χ0n) is 20.1. The third kappa shape index (κ3) is 5.01. The largest absolute Gasteiger partial charge is 0.398 e. The van der Waals surface area contributed by atoms with Crippen LogP contribution in [0.3, 0.4) is 0 Å². The Morgan fingerprint density at radius 1 is 0.528 bits per heavy atom. The van der Waals surface area contributed by atoms with Gasteiger partial charge in [-0.2, -0.15) is 0 Å². The Morgan fingerprint density at radius 2 is 1.00 bits per heavy atom. The zero-order valence-corrected chi connectivity index (χ0v) is 21.7. The summed E-state index contributed by atoms with van der Waals surface area (Å²) in [5.74, 6) is 0. The minimum atomic E-state index is -0.580. The summed E-state index contributed by atoms with van der Waals surface area (Å²) in [6, 6.07) is 46.7. The van der Waals surface area contributed by atoms with Gasteiger partial charge in [0.05, 0.1) is 0 Å². The molecule has 178 valence electrons. The molecule has 2 nitrogen and oxygen atoms in total. The van der Waals surface area contributed by atoms with Crippen LogP contribution in [0.2, 0.25) is 0 Å². The van der Waals surface area contributed by atoms with E-state index in [1.165, 1.54) is 22.3 Å². The van der Waals surface area contributed by atoms with Crippen LogP contribution in [0.25, 0.3) is 0 Å². The number of nitrogen functional groups attached to an aromatic ring is 1. The minimum Gasteiger partial charge on any atom is -0.398 e. The highest BCUT2D eigenvalue weighted by atomic mass is 33.1. The van der Waals surface area contributed by atoms with Gasteiger partial charge in [0.1, 0.15) is 5.54 Å². The first-order valence-electron chi connectivity index (χ1n) is 11.9. The van der Waals surface area contributed by atoms with E-state index in [1.54, 1.807) is 21.6 Å². The average Bonchev–Trinajstić information content (AvgIpc) is 2.93. The number of anilines is 2. The third-order valence-corrected chi connectivity index (χ3v) is 8.75. The molecular formula is C32H28N2S2. The summed E-state index contributed by atoms with van der Waals surface area (Å²) in [6.45, 7) is 2.13. The molecule has 5 aromatic rings. The monoisotopic (exact) mass is 504 g/mol. The first kappa shape index (κ1) is 24.1. The smallest absolute Gasteiger partial charge is 0.114 e. The van der Waals surface area contributed by atoms with E-state index in [1.807, 2.05) is 18.2 Å². The van der Waals surface area contributed by atoms with Gasteiger partial charge in [-0.25, -0.2) is 0 Å². The third-order valence-electron chi connectivity index (χ3n) is 6.25. The van der Waals surface area contributed by atoms with Gasteiger partial charge in [-0.1, -0.05) is 136 Å². The van der Waals surface area contributed by atoms with E-state index in [9.17, 15) is 0 Å². The van der Waals surface area contributed by atoms with Gasteiger partial charge in [-0.15, -0.1) is 0 Å². The van der Waals surface area contributed by atoms with Gasteiger partial charge in [0, 0.05) is 21.2 Å². The van der Waals surface area contributed by atoms with E-state index in [2.05, 4.69) is 128 Å². The molecule has 0 heterocycles. The van der Waals surface area contributed by atoms with Gasteiger partial charge in [0.2, 0.25) is 0 Å². The van der Waals surface area contributed by atoms with Crippen LogP contribution in [0, 0.1) is 6.92 Å². The SMILES string of the molecule is Cc1ccc(C(Nc2ccccc2SSc2ccccc2N)(c2ccccc2)c2ccccc2)cc1. The average molecular weight is 505 g/mol. The molecular weight excluding hydrogens is 477 g/mol. The Hall–Kier alpha value is -3.60. The highest BCUT2D eigenvalue weighted by Gasteiger charge is 2.36. The number of rotatable bonds is 8. The molecule has 0 saturated carbocycles. The van der Waals surface area contributed by atoms with Gasteiger partial charge < -0.3 is 11.1 Å². The fourth-order valence-corrected chi connectivity index (χ4v) is 6.64. The number of nitrogens with two attached hydrogens (primary N) is 1. The molecule has 5 rings (SSSR count). The van der Waals surface area contributed by atoms with E-state index in [0.717, 1.165) is 21.2 Å². The van der Waals surface area contributed by atoms with Crippen molar-refractivity contribution >= 4 is 33.0 Å². The fraction of sp³-hybridized carbons (Fsp3) is 0.0625. The summed E-state index contributed by atoms with van der Waals surface area (Å²) in [7, 11) is 3.40. The molecule has 0 aliphatic carbocycles. The molecule has 0 fully saturated rings. The van der Waals surface area contributed by atoms with E-state index < -0.39 is 5.54 Å². The summed E-state index contributed by atoms with van der Waals surface area (Å²) in [6.07, 6.45) is 0. The fourth-order valence-electron chi connectivity index (χ4n) is 4.39. The summed E-state index contributed by atoms with van der Waals surface area (Å²) in [4.78, 5) is 2.21. The lowest BCUT2D eigenvalue weighted by atomic mass is 9.76. The van der Waals surface area contributed by atoms with Crippen molar-refractivity contribution in [3.63, 3.8) is 0 Å².